The molecule has 3 rings (SSSR count). The molecule has 0 spiro atoms. The van der Waals surface area contributed by atoms with E-state index in [2.05, 4.69) is 4.98 Å². The van der Waals surface area contributed by atoms with E-state index < -0.39 is 11.6 Å². The number of hydrogen-bond acceptors (Lipinski definition) is 5. The summed E-state index contributed by atoms with van der Waals surface area (Å²) in [7, 11) is 1.62. The van der Waals surface area contributed by atoms with Crippen LogP contribution in [0.25, 0.3) is 22.2 Å². The molecule has 0 radical (unpaired) electrons. The highest BCUT2D eigenvalue weighted by Gasteiger charge is 2.15. The number of carboxylic acids is 1. The minimum Gasteiger partial charge on any atom is -0.480 e. The minimum absolute atomic E-state index is 0.194. The molecule has 2 heterocycles. The van der Waals surface area contributed by atoms with Crippen molar-refractivity contribution in [2.24, 2.45) is 0 Å². The molecule has 0 saturated carbocycles. The highest BCUT2D eigenvalue weighted by molar-refractivity contribution is 5.94. The van der Waals surface area contributed by atoms with Crippen molar-refractivity contribution in [1.29, 1.82) is 0 Å². The second-order valence-electron chi connectivity index (χ2n) is 6.02. The number of carbonyl (C=O) groups is 1. The molecule has 2 aromatic heterocycles. The van der Waals surface area contributed by atoms with Gasteiger partial charge in [-0.05, 0) is 42.7 Å². The van der Waals surface area contributed by atoms with Crippen LogP contribution < -0.4 is 10.5 Å². The Bertz CT molecular complexity index is 1000. The van der Waals surface area contributed by atoms with Crippen molar-refractivity contribution >= 4 is 22.9 Å². The number of hydrogen-bond donors (Lipinski definition) is 1. The third-order valence-corrected chi connectivity index (χ3v) is 4.11. The van der Waals surface area contributed by atoms with Crippen molar-refractivity contribution in [1.82, 2.24) is 4.98 Å². The lowest BCUT2D eigenvalue weighted by molar-refractivity contribution is -0.135. The summed E-state index contributed by atoms with van der Waals surface area (Å²) in [5, 5.41) is 9.63. The second-order valence-corrected chi connectivity index (χ2v) is 6.02. The summed E-state index contributed by atoms with van der Waals surface area (Å²) < 4.78 is 5.26. The van der Waals surface area contributed by atoms with Gasteiger partial charge in [-0.25, -0.2) is 4.79 Å². The van der Waals surface area contributed by atoms with Crippen LogP contribution in [-0.4, -0.2) is 29.7 Å². The molecule has 0 aliphatic rings. The smallest absolute Gasteiger partial charge is 0.338 e. The maximum absolute atomic E-state index is 12.0. The first kappa shape index (κ1) is 16.7. The van der Waals surface area contributed by atoms with E-state index in [4.69, 9.17) is 9.52 Å². The van der Waals surface area contributed by atoms with Crippen LogP contribution in [0.15, 0.2) is 45.6 Å². The van der Waals surface area contributed by atoms with Gasteiger partial charge in [-0.2, -0.15) is 4.98 Å². The van der Waals surface area contributed by atoms with Crippen molar-refractivity contribution in [3.63, 3.8) is 0 Å². The zero-order valence-electron chi connectivity index (χ0n) is 14.2. The zero-order chi connectivity index (χ0) is 18.1. The van der Waals surface area contributed by atoms with Gasteiger partial charge in [0.2, 0.25) is 5.71 Å². The van der Waals surface area contributed by atoms with Crippen LogP contribution in [0.2, 0.25) is 0 Å². The summed E-state index contributed by atoms with van der Waals surface area (Å²) in [5.41, 5.74) is 3.56. The van der Waals surface area contributed by atoms with Gasteiger partial charge in [0.15, 0.2) is 0 Å². The number of pyridine rings is 1. The third kappa shape index (κ3) is 3.24. The lowest BCUT2D eigenvalue weighted by Crippen LogP contribution is -2.25. The fraction of sp³-hybridized carbons (Fsp3) is 0.211. The van der Waals surface area contributed by atoms with E-state index in [0.29, 0.717) is 11.2 Å². The number of benzene rings is 1. The summed E-state index contributed by atoms with van der Waals surface area (Å²) in [5.74, 6) is -0.535. The number of anilines is 1. The largest absolute Gasteiger partial charge is 0.480 e. The molecule has 128 valence electrons. The van der Waals surface area contributed by atoms with E-state index in [9.17, 15) is 9.59 Å². The number of aliphatic carboxylic acids is 1. The van der Waals surface area contributed by atoms with Crippen LogP contribution in [0, 0.1) is 13.8 Å². The lowest BCUT2D eigenvalue weighted by atomic mass is 9.94. The normalized spacial score (nSPS) is 10.8. The Kier molecular flexibility index (Phi) is 4.27. The highest BCUT2D eigenvalue weighted by Crippen LogP contribution is 2.32. The van der Waals surface area contributed by atoms with Crippen LogP contribution in [0.3, 0.4) is 0 Å². The van der Waals surface area contributed by atoms with Crippen LogP contribution in [0.4, 0.5) is 5.82 Å². The van der Waals surface area contributed by atoms with E-state index in [-0.39, 0.29) is 12.3 Å². The minimum atomic E-state index is -0.963. The van der Waals surface area contributed by atoms with Gasteiger partial charge in [-0.3, -0.25) is 4.79 Å². The average Bonchev–Trinajstić information content (AvgIpc) is 2.53. The highest BCUT2D eigenvalue weighted by atomic mass is 16.4. The molecule has 0 saturated heterocycles. The lowest BCUT2D eigenvalue weighted by Gasteiger charge is -2.16. The summed E-state index contributed by atoms with van der Waals surface area (Å²) in [6, 6.07) is 11.0. The Labute approximate surface area is 144 Å². The Morgan fingerprint density at radius 1 is 1.20 bits per heavy atom. The Morgan fingerprint density at radius 2 is 1.88 bits per heavy atom. The number of fused-ring (bicyclic) bond motifs is 1. The molecule has 0 fully saturated rings. The monoisotopic (exact) mass is 338 g/mol. The molecule has 0 unspecified atom stereocenters. The number of carboxylic acid groups (broad SMARTS) is 1. The number of likely N-dealkylation sites (N-methyl/N-ethyl adjacent to an activating group) is 1. The molecule has 0 amide bonds. The standard InChI is InChI=1S/C19H18N2O4/c1-11-5-4-6-12(2)18(11)14-9-17(24)25-19-13(14)7-8-15(20-19)21(3)10-16(22)23/h4-9H,10H2,1-3H3,(H,22,23). The zero-order valence-corrected chi connectivity index (χ0v) is 14.2. The molecule has 0 atom stereocenters. The molecule has 6 nitrogen and oxygen atoms in total. The SMILES string of the molecule is Cc1cccc(C)c1-c1cc(=O)oc2nc(N(C)CC(=O)O)ccc12. The van der Waals surface area contributed by atoms with E-state index in [0.717, 1.165) is 22.3 Å². The molecule has 0 aliphatic heterocycles. The third-order valence-electron chi connectivity index (χ3n) is 4.11. The fourth-order valence-corrected chi connectivity index (χ4v) is 2.98. The van der Waals surface area contributed by atoms with Crippen molar-refractivity contribution in [3.8, 4) is 11.1 Å². The molecule has 3 aromatic rings. The van der Waals surface area contributed by atoms with Gasteiger partial charge in [-0.1, -0.05) is 18.2 Å². The van der Waals surface area contributed by atoms with Gasteiger partial charge in [0.25, 0.3) is 0 Å². The Balaban J connectivity index is 2.22. The first-order valence-electron chi connectivity index (χ1n) is 7.81. The topological polar surface area (TPSA) is 83.6 Å². The average molecular weight is 338 g/mol. The molecule has 6 heteroatoms. The van der Waals surface area contributed by atoms with E-state index in [1.54, 1.807) is 19.2 Å². The van der Waals surface area contributed by atoms with Gasteiger partial charge < -0.3 is 14.4 Å². The van der Waals surface area contributed by atoms with Crippen molar-refractivity contribution < 1.29 is 14.3 Å². The van der Waals surface area contributed by atoms with Gasteiger partial charge >= 0.3 is 11.6 Å². The van der Waals surface area contributed by atoms with Crippen molar-refractivity contribution in [2.45, 2.75) is 13.8 Å². The van der Waals surface area contributed by atoms with E-state index in [1.165, 1.54) is 11.0 Å². The molecular formula is C19H18N2O4. The van der Waals surface area contributed by atoms with Gasteiger partial charge in [-0.15, -0.1) is 0 Å². The molecule has 25 heavy (non-hydrogen) atoms. The van der Waals surface area contributed by atoms with Crippen LogP contribution >= 0.6 is 0 Å². The summed E-state index contributed by atoms with van der Waals surface area (Å²) >= 11 is 0. The second kappa shape index (κ2) is 6.39. The summed E-state index contributed by atoms with van der Waals surface area (Å²) in [6.45, 7) is 3.79. The van der Waals surface area contributed by atoms with E-state index in [1.807, 2.05) is 32.0 Å². The molecule has 1 aromatic carbocycles. The number of aryl methyl sites for hydroxylation is 2. The maximum atomic E-state index is 12.0. The van der Waals surface area contributed by atoms with Gasteiger partial charge in [0, 0.05) is 24.1 Å². The maximum Gasteiger partial charge on any atom is 0.338 e. The van der Waals surface area contributed by atoms with Gasteiger partial charge in [0.1, 0.15) is 12.4 Å². The molecular weight excluding hydrogens is 320 g/mol. The van der Waals surface area contributed by atoms with Crippen LogP contribution in [0.1, 0.15) is 11.1 Å². The molecule has 0 aliphatic carbocycles. The van der Waals surface area contributed by atoms with Crippen LogP contribution in [0.5, 0.6) is 0 Å². The Morgan fingerprint density at radius 3 is 2.52 bits per heavy atom. The summed E-state index contributed by atoms with van der Waals surface area (Å²) in [4.78, 5) is 28.7. The number of rotatable bonds is 4. The van der Waals surface area contributed by atoms with Crippen molar-refractivity contribution in [3.05, 3.63) is 57.9 Å². The first-order valence-corrected chi connectivity index (χ1v) is 7.81. The predicted octanol–water partition coefficient (Wildman–Crippen LogP) is 2.99. The summed E-state index contributed by atoms with van der Waals surface area (Å²) in [6.07, 6.45) is 0. The van der Waals surface area contributed by atoms with E-state index >= 15 is 0 Å². The predicted molar refractivity (Wildman–Crippen MR) is 96.1 cm³/mol. The molecule has 0 bridgehead atoms. The first-order chi connectivity index (χ1) is 11.9. The quantitative estimate of drug-likeness (QED) is 0.787. The Hall–Kier alpha value is -3.15. The number of aromatic nitrogens is 1. The number of nitrogens with zero attached hydrogens (tertiary/aromatic N) is 2. The fourth-order valence-electron chi connectivity index (χ4n) is 2.98. The van der Waals surface area contributed by atoms with Gasteiger partial charge in [0.05, 0.1) is 0 Å². The molecule has 1 N–H and O–H groups in total. The van der Waals surface area contributed by atoms with Crippen LogP contribution in [-0.2, 0) is 4.79 Å². The van der Waals surface area contributed by atoms with Crippen molar-refractivity contribution in [2.75, 3.05) is 18.5 Å².